The number of unbranched alkanes of at least 4 members (excludes halogenated alkanes) is 1. The Labute approximate surface area is 128 Å². The summed E-state index contributed by atoms with van der Waals surface area (Å²) in [5.74, 6) is 0.168. The number of aryl methyl sites for hydroxylation is 2. The molecule has 1 aliphatic heterocycles. The van der Waals surface area contributed by atoms with Gasteiger partial charge < -0.3 is 14.0 Å². The van der Waals surface area contributed by atoms with Crippen LogP contribution in [0.25, 0.3) is 10.9 Å². The van der Waals surface area contributed by atoms with Gasteiger partial charge in [0.05, 0.1) is 16.8 Å². The van der Waals surface area contributed by atoms with E-state index in [-0.39, 0.29) is 0 Å². The maximum absolute atomic E-state index is 11.4. The fourth-order valence-electron chi connectivity index (χ4n) is 2.93. The van der Waals surface area contributed by atoms with Crippen molar-refractivity contribution in [3.8, 4) is 0 Å². The molecule has 2 aromatic rings. The smallest absolute Gasteiger partial charge is 0.335 e. The minimum Gasteiger partial charge on any atom is -0.478 e. The fraction of sp³-hybridized carbons (Fsp3) is 0.438. The number of anilines is 1. The van der Waals surface area contributed by atoms with Crippen LogP contribution in [-0.2, 0) is 13.0 Å². The van der Waals surface area contributed by atoms with Crippen LogP contribution in [0, 0.1) is 0 Å². The van der Waals surface area contributed by atoms with Gasteiger partial charge in [-0.3, -0.25) is 0 Å². The van der Waals surface area contributed by atoms with Gasteiger partial charge >= 0.3 is 5.97 Å². The molecule has 21 heavy (non-hydrogen) atoms. The molecule has 0 bridgehead atoms. The quantitative estimate of drug-likeness (QED) is 0.873. The van der Waals surface area contributed by atoms with Crippen LogP contribution in [0.5, 0.6) is 0 Å². The van der Waals surface area contributed by atoms with E-state index in [1.165, 1.54) is 10.9 Å². The van der Waals surface area contributed by atoms with Crippen molar-refractivity contribution in [1.29, 1.82) is 0 Å². The van der Waals surface area contributed by atoms with Crippen molar-refractivity contribution < 1.29 is 9.90 Å². The van der Waals surface area contributed by atoms with E-state index in [2.05, 4.69) is 22.0 Å². The lowest BCUT2D eigenvalue weighted by atomic mass is 10.1. The largest absolute Gasteiger partial charge is 0.478 e. The van der Waals surface area contributed by atoms with Crippen molar-refractivity contribution in [2.45, 2.75) is 32.7 Å². The summed E-state index contributed by atoms with van der Waals surface area (Å²) < 4.78 is 4.34. The van der Waals surface area contributed by atoms with Gasteiger partial charge in [0.15, 0.2) is 0 Å². The van der Waals surface area contributed by atoms with E-state index in [1.807, 2.05) is 13.1 Å². The summed E-state index contributed by atoms with van der Waals surface area (Å²) in [4.78, 5) is 11.4. The van der Waals surface area contributed by atoms with E-state index in [9.17, 15) is 9.90 Å². The summed E-state index contributed by atoms with van der Waals surface area (Å²) in [7, 11) is 2.02. The third-order valence-electron chi connectivity index (χ3n) is 4.03. The Hall–Kier alpha value is -1.62. The molecule has 1 N–H and O–H groups in total. The van der Waals surface area contributed by atoms with Gasteiger partial charge in [-0.1, -0.05) is 13.3 Å². The number of nitrogens with zero attached hydrogens (tertiary/aromatic N) is 2. The molecule has 0 spiro atoms. The average molecular weight is 304 g/mol. The SMILES string of the molecule is CCCCn1cc2c3c(cc(C(=O)O)cc31)N(C)SCC2. The van der Waals surface area contributed by atoms with Crippen LogP contribution in [0.15, 0.2) is 18.3 Å². The van der Waals surface area contributed by atoms with Crippen LogP contribution in [0.2, 0.25) is 0 Å². The highest BCUT2D eigenvalue weighted by molar-refractivity contribution is 8.00. The lowest BCUT2D eigenvalue weighted by molar-refractivity contribution is 0.0697. The second kappa shape index (κ2) is 5.64. The van der Waals surface area contributed by atoms with Crippen LogP contribution >= 0.6 is 11.9 Å². The molecular weight excluding hydrogens is 284 g/mol. The first-order valence-corrected chi connectivity index (χ1v) is 8.31. The number of aromatic nitrogens is 1. The molecule has 0 saturated carbocycles. The van der Waals surface area contributed by atoms with E-state index < -0.39 is 5.97 Å². The standard InChI is InChI=1S/C16H20N2O2S/c1-3-4-6-18-10-11-5-7-21-17(2)13-8-12(16(19)20)9-14(18)15(11)13/h8-10H,3-7H2,1-2H3,(H,19,20). The number of rotatable bonds is 4. The van der Waals surface area contributed by atoms with Crippen molar-refractivity contribution in [3.63, 3.8) is 0 Å². The zero-order valence-electron chi connectivity index (χ0n) is 12.4. The summed E-state index contributed by atoms with van der Waals surface area (Å²) in [6.07, 6.45) is 5.50. The normalized spacial score (nSPS) is 14.5. The molecular formula is C16H20N2O2S. The Balaban J connectivity index is 2.25. The molecule has 1 aromatic carbocycles. The number of carbonyl (C=O) groups is 1. The molecule has 0 unspecified atom stereocenters. The Morgan fingerprint density at radius 1 is 1.43 bits per heavy atom. The first kappa shape index (κ1) is 14.3. The van der Waals surface area contributed by atoms with Gasteiger partial charge in [0.1, 0.15) is 0 Å². The van der Waals surface area contributed by atoms with E-state index in [4.69, 9.17) is 0 Å². The van der Waals surface area contributed by atoms with Crippen molar-refractivity contribution in [3.05, 3.63) is 29.5 Å². The predicted molar refractivity (Wildman–Crippen MR) is 88.4 cm³/mol. The van der Waals surface area contributed by atoms with E-state index in [0.29, 0.717) is 5.56 Å². The lowest BCUT2D eigenvalue weighted by Gasteiger charge is -2.18. The number of aromatic carboxylic acids is 1. The van der Waals surface area contributed by atoms with Crippen molar-refractivity contribution in [2.24, 2.45) is 0 Å². The second-order valence-electron chi connectivity index (χ2n) is 5.48. The van der Waals surface area contributed by atoms with Gasteiger partial charge in [0, 0.05) is 30.9 Å². The number of hydrogen-bond acceptors (Lipinski definition) is 3. The Morgan fingerprint density at radius 2 is 2.24 bits per heavy atom. The summed E-state index contributed by atoms with van der Waals surface area (Å²) in [5, 5.41) is 10.6. The van der Waals surface area contributed by atoms with E-state index in [0.717, 1.165) is 42.8 Å². The fourth-order valence-corrected chi connectivity index (χ4v) is 3.79. The van der Waals surface area contributed by atoms with Crippen LogP contribution in [0.4, 0.5) is 5.69 Å². The summed E-state index contributed by atoms with van der Waals surface area (Å²) in [6.45, 7) is 3.13. The topological polar surface area (TPSA) is 45.5 Å². The maximum Gasteiger partial charge on any atom is 0.335 e. The molecule has 4 nitrogen and oxygen atoms in total. The van der Waals surface area contributed by atoms with Gasteiger partial charge in [-0.2, -0.15) is 0 Å². The molecule has 0 aliphatic carbocycles. The summed E-state index contributed by atoms with van der Waals surface area (Å²) in [5.41, 5.74) is 3.79. The molecule has 0 fully saturated rings. The van der Waals surface area contributed by atoms with Crippen molar-refractivity contribution in [1.82, 2.24) is 4.57 Å². The monoisotopic (exact) mass is 304 g/mol. The van der Waals surface area contributed by atoms with Gasteiger partial charge in [0.2, 0.25) is 0 Å². The summed E-state index contributed by atoms with van der Waals surface area (Å²) in [6, 6.07) is 3.63. The molecule has 0 radical (unpaired) electrons. The average Bonchev–Trinajstić information content (AvgIpc) is 2.73. The van der Waals surface area contributed by atoms with Crippen LogP contribution in [0.3, 0.4) is 0 Å². The Bertz CT molecular complexity index is 693. The van der Waals surface area contributed by atoms with E-state index >= 15 is 0 Å². The minimum atomic E-state index is -0.861. The molecule has 0 amide bonds. The summed E-state index contributed by atoms with van der Waals surface area (Å²) >= 11 is 1.75. The van der Waals surface area contributed by atoms with Crippen LogP contribution in [0.1, 0.15) is 35.7 Å². The number of benzene rings is 1. The minimum absolute atomic E-state index is 0.370. The Kier molecular flexibility index (Phi) is 3.85. The van der Waals surface area contributed by atoms with Gasteiger partial charge in [0.25, 0.3) is 0 Å². The highest BCUT2D eigenvalue weighted by Crippen LogP contribution is 2.38. The molecule has 2 heterocycles. The zero-order chi connectivity index (χ0) is 15.0. The van der Waals surface area contributed by atoms with Crippen LogP contribution in [-0.4, -0.2) is 28.4 Å². The number of carboxylic acid groups (broad SMARTS) is 1. The highest BCUT2D eigenvalue weighted by atomic mass is 32.2. The van der Waals surface area contributed by atoms with Gasteiger partial charge in [-0.05, 0) is 42.5 Å². The second-order valence-corrected chi connectivity index (χ2v) is 6.69. The molecule has 0 atom stereocenters. The third kappa shape index (κ3) is 2.50. The van der Waals surface area contributed by atoms with Gasteiger partial charge in [-0.15, -0.1) is 0 Å². The van der Waals surface area contributed by atoms with Crippen LogP contribution < -0.4 is 4.31 Å². The third-order valence-corrected chi connectivity index (χ3v) is 5.00. The highest BCUT2D eigenvalue weighted by Gasteiger charge is 2.21. The molecule has 0 saturated heterocycles. The number of carboxylic acids is 1. The molecule has 3 rings (SSSR count). The lowest BCUT2D eigenvalue weighted by Crippen LogP contribution is -2.09. The maximum atomic E-state index is 11.4. The first-order valence-electron chi connectivity index (χ1n) is 7.37. The first-order chi connectivity index (χ1) is 10.1. The zero-order valence-corrected chi connectivity index (χ0v) is 13.2. The Morgan fingerprint density at radius 3 is 2.95 bits per heavy atom. The predicted octanol–water partition coefficient (Wildman–Crippen LogP) is 3.78. The van der Waals surface area contributed by atoms with Crippen molar-refractivity contribution in [2.75, 3.05) is 17.1 Å². The molecule has 5 heteroatoms. The number of hydrogen-bond donors (Lipinski definition) is 1. The van der Waals surface area contributed by atoms with Crippen molar-refractivity contribution >= 4 is 34.5 Å². The van der Waals surface area contributed by atoms with E-state index in [1.54, 1.807) is 18.0 Å². The molecule has 1 aromatic heterocycles. The molecule has 1 aliphatic rings. The van der Waals surface area contributed by atoms with Gasteiger partial charge in [-0.25, -0.2) is 4.79 Å². The molecule has 112 valence electrons.